The van der Waals surface area contributed by atoms with Gasteiger partial charge in [0.2, 0.25) is 0 Å². The van der Waals surface area contributed by atoms with Gasteiger partial charge >= 0.3 is 0 Å². The molecule has 2 N–H and O–H groups in total. The van der Waals surface area contributed by atoms with E-state index >= 15 is 0 Å². The molecule has 0 aliphatic heterocycles. The first-order chi connectivity index (χ1) is 11.7. The summed E-state index contributed by atoms with van der Waals surface area (Å²) in [5.74, 6) is 1.13. The van der Waals surface area contributed by atoms with Gasteiger partial charge in [0, 0.05) is 17.5 Å². The van der Waals surface area contributed by atoms with Crippen molar-refractivity contribution in [3.8, 4) is 0 Å². The molecule has 7 heteroatoms. The molecular formula is C17H16N2O4S. The topological polar surface area (TPSA) is 88.5 Å². The molecule has 0 saturated heterocycles. The number of carbonyl (C=O) groups is 1. The van der Waals surface area contributed by atoms with Crippen molar-refractivity contribution < 1.29 is 18.8 Å². The van der Waals surface area contributed by atoms with Crippen LogP contribution < -0.4 is 5.32 Å². The summed E-state index contributed by atoms with van der Waals surface area (Å²) in [7, 11) is 0. The molecule has 24 heavy (non-hydrogen) atoms. The fourth-order valence-electron chi connectivity index (χ4n) is 2.60. The van der Waals surface area contributed by atoms with E-state index in [2.05, 4.69) is 10.5 Å². The van der Waals surface area contributed by atoms with Crippen LogP contribution in [0, 0.1) is 0 Å². The second-order valence-corrected chi connectivity index (χ2v) is 6.70. The van der Waals surface area contributed by atoms with E-state index < -0.39 is 5.60 Å². The number of amides is 1. The number of hydrogen-bond donors (Lipinski definition) is 2. The fourth-order valence-corrected chi connectivity index (χ4v) is 3.32. The first-order valence-corrected chi connectivity index (χ1v) is 8.65. The minimum Gasteiger partial charge on any atom is -0.466 e. The van der Waals surface area contributed by atoms with Gasteiger partial charge in [0.15, 0.2) is 11.3 Å². The van der Waals surface area contributed by atoms with E-state index in [9.17, 15) is 9.90 Å². The molecule has 1 aliphatic rings. The molecule has 1 unspecified atom stereocenters. The number of rotatable bonds is 6. The molecule has 0 aromatic carbocycles. The molecule has 4 rings (SSSR count). The number of aliphatic hydroxyl groups is 1. The van der Waals surface area contributed by atoms with E-state index in [0.717, 1.165) is 18.6 Å². The van der Waals surface area contributed by atoms with E-state index in [0.29, 0.717) is 17.2 Å². The standard InChI is InChI=1S/C17H16N2O4S/c20-16(13-8-14(23-19-13)11-3-4-11)18-10-17(21,12-5-7-24-9-12)15-2-1-6-22-15/h1-2,5-9,11,21H,3-4,10H2,(H,18,20). The van der Waals surface area contributed by atoms with E-state index in [4.69, 9.17) is 8.94 Å². The Morgan fingerprint density at radius 1 is 1.46 bits per heavy atom. The minimum absolute atomic E-state index is 0.0261. The van der Waals surface area contributed by atoms with E-state index in [1.54, 1.807) is 24.3 Å². The molecule has 1 amide bonds. The third-order valence-electron chi connectivity index (χ3n) is 4.17. The summed E-state index contributed by atoms with van der Waals surface area (Å²) in [6.45, 7) is -0.0261. The van der Waals surface area contributed by atoms with Gasteiger partial charge < -0.3 is 19.4 Å². The average Bonchev–Trinajstić information content (AvgIpc) is 3.12. The Kier molecular flexibility index (Phi) is 3.74. The zero-order valence-corrected chi connectivity index (χ0v) is 13.6. The Hall–Kier alpha value is -2.38. The molecule has 3 heterocycles. The molecular weight excluding hydrogens is 328 g/mol. The monoisotopic (exact) mass is 344 g/mol. The predicted octanol–water partition coefficient (Wildman–Crippen LogP) is 2.87. The van der Waals surface area contributed by atoms with Gasteiger partial charge in [-0.25, -0.2) is 0 Å². The van der Waals surface area contributed by atoms with Gasteiger partial charge in [0.25, 0.3) is 5.91 Å². The molecule has 6 nitrogen and oxygen atoms in total. The van der Waals surface area contributed by atoms with Crippen molar-refractivity contribution >= 4 is 17.2 Å². The quantitative estimate of drug-likeness (QED) is 0.718. The summed E-state index contributed by atoms with van der Waals surface area (Å²) in [5.41, 5.74) is -0.534. The van der Waals surface area contributed by atoms with Gasteiger partial charge in [-0.2, -0.15) is 11.3 Å². The Balaban J connectivity index is 1.51. The minimum atomic E-state index is -1.43. The zero-order chi connectivity index (χ0) is 16.6. The van der Waals surface area contributed by atoms with Crippen molar-refractivity contribution in [2.24, 2.45) is 0 Å². The van der Waals surface area contributed by atoms with Crippen LogP contribution in [0.5, 0.6) is 0 Å². The average molecular weight is 344 g/mol. The highest BCUT2D eigenvalue weighted by Crippen LogP contribution is 2.40. The first kappa shape index (κ1) is 15.2. The van der Waals surface area contributed by atoms with Gasteiger partial charge in [-0.15, -0.1) is 0 Å². The largest absolute Gasteiger partial charge is 0.466 e. The first-order valence-electron chi connectivity index (χ1n) is 7.70. The van der Waals surface area contributed by atoms with Crippen molar-refractivity contribution in [3.63, 3.8) is 0 Å². The second-order valence-electron chi connectivity index (χ2n) is 5.92. The number of hydrogen-bond acceptors (Lipinski definition) is 6. The van der Waals surface area contributed by atoms with Crippen molar-refractivity contribution in [1.82, 2.24) is 10.5 Å². The number of nitrogens with one attached hydrogen (secondary N) is 1. The summed E-state index contributed by atoms with van der Waals surface area (Å²) in [4.78, 5) is 12.3. The van der Waals surface area contributed by atoms with Crippen LogP contribution in [-0.4, -0.2) is 22.7 Å². The summed E-state index contributed by atoms with van der Waals surface area (Å²) in [6.07, 6.45) is 3.65. The molecule has 3 aromatic rings. The van der Waals surface area contributed by atoms with Gasteiger partial charge in [-0.3, -0.25) is 4.79 Å². The smallest absolute Gasteiger partial charge is 0.273 e. The highest BCUT2D eigenvalue weighted by molar-refractivity contribution is 7.08. The molecule has 3 aromatic heterocycles. The van der Waals surface area contributed by atoms with Crippen LogP contribution in [0.15, 0.2) is 50.2 Å². The number of nitrogens with zero attached hydrogens (tertiary/aromatic N) is 1. The molecule has 1 aliphatic carbocycles. The van der Waals surface area contributed by atoms with Crippen molar-refractivity contribution in [2.45, 2.75) is 24.4 Å². The van der Waals surface area contributed by atoms with Crippen LogP contribution in [0.3, 0.4) is 0 Å². The molecule has 0 spiro atoms. The second kappa shape index (κ2) is 5.92. The summed E-state index contributed by atoms with van der Waals surface area (Å²) >= 11 is 1.47. The Morgan fingerprint density at radius 2 is 2.33 bits per heavy atom. The highest BCUT2D eigenvalue weighted by atomic mass is 32.1. The maximum atomic E-state index is 12.3. The van der Waals surface area contributed by atoms with Gasteiger partial charge in [-0.1, -0.05) is 5.16 Å². The van der Waals surface area contributed by atoms with Crippen molar-refractivity contribution in [1.29, 1.82) is 0 Å². The number of aromatic nitrogens is 1. The van der Waals surface area contributed by atoms with E-state index in [-0.39, 0.29) is 18.1 Å². The maximum absolute atomic E-state index is 12.3. The maximum Gasteiger partial charge on any atom is 0.273 e. The van der Waals surface area contributed by atoms with E-state index in [1.165, 1.54) is 17.6 Å². The van der Waals surface area contributed by atoms with Crippen LogP contribution >= 0.6 is 11.3 Å². The fraction of sp³-hybridized carbons (Fsp3) is 0.294. The normalized spacial score (nSPS) is 16.7. The van der Waals surface area contributed by atoms with Gasteiger partial charge in [-0.05, 0) is 41.8 Å². The molecule has 1 atom stereocenters. The molecule has 124 valence electrons. The Bertz CT molecular complexity index is 785. The Labute approximate surface area is 142 Å². The Morgan fingerprint density at radius 3 is 3.00 bits per heavy atom. The SMILES string of the molecule is O=C(NCC(O)(c1ccsc1)c1ccco1)c1cc(C2CC2)on1. The van der Waals surface area contributed by atoms with E-state index in [1.807, 2.05) is 10.8 Å². The summed E-state index contributed by atoms with van der Waals surface area (Å²) < 4.78 is 10.6. The van der Waals surface area contributed by atoms with Crippen LogP contribution in [0.25, 0.3) is 0 Å². The number of carbonyl (C=O) groups excluding carboxylic acids is 1. The molecule has 1 fully saturated rings. The van der Waals surface area contributed by atoms with Crippen molar-refractivity contribution in [3.05, 3.63) is 64.1 Å². The van der Waals surface area contributed by atoms with Crippen LogP contribution in [0.2, 0.25) is 0 Å². The lowest BCUT2D eigenvalue weighted by molar-refractivity contribution is 0.0526. The lowest BCUT2D eigenvalue weighted by Crippen LogP contribution is -2.41. The zero-order valence-electron chi connectivity index (χ0n) is 12.8. The van der Waals surface area contributed by atoms with Crippen LogP contribution in [-0.2, 0) is 5.60 Å². The van der Waals surface area contributed by atoms with Crippen LogP contribution in [0.1, 0.15) is 46.3 Å². The van der Waals surface area contributed by atoms with Crippen LogP contribution in [0.4, 0.5) is 0 Å². The third-order valence-corrected chi connectivity index (χ3v) is 4.86. The highest BCUT2D eigenvalue weighted by Gasteiger charge is 2.36. The summed E-state index contributed by atoms with van der Waals surface area (Å²) in [6, 6.07) is 6.86. The van der Waals surface area contributed by atoms with Crippen molar-refractivity contribution in [2.75, 3.05) is 6.54 Å². The van der Waals surface area contributed by atoms with Gasteiger partial charge in [0.05, 0.1) is 12.8 Å². The lowest BCUT2D eigenvalue weighted by atomic mass is 9.93. The lowest BCUT2D eigenvalue weighted by Gasteiger charge is -2.25. The third kappa shape index (κ3) is 2.76. The molecule has 0 bridgehead atoms. The van der Waals surface area contributed by atoms with Gasteiger partial charge in [0.1, 0.15) is 11.5 Å². The predicted molar refractivity (Wildman–Crippen MR) is 86.8 cm³/mol. The number of furan rings is 1. The summed E-state index contributed by atoms with van der Waals surface area (Å²) in [5, 5.41) is 21.3. The molecule has 0 radical (unpaired) electrons. The number of thiophene rings is 1. The molecule has 1 saturated carbocycles.